The lowest BCUT2D eigenvalue weighted by atomic mass is 9.97. The van der Waals surface area contributed by atoms with E-state index in [2.05, 4.69) is 121 Å². The first-order valence-electron chi connectivity index (χ1n) is 10.9. The van der Waals surface area contributed by atoms with E-state index in [0.717, 1.165) is 11.3 Å². The number of pyridine rings is 1. The Morgan fingerprint density at radius 3 is 1.81 bits per heavy atom. The third-order valence-electron chi connectivity index (χ3n) is 6.11. The highest BCUT2D eigenvalue weighted by Gasteiger charge is 2.07. The summed E-state index contributed by atoms with van der Waals surface area (Å²) >= 11 is 0. The first-order valence-corrected chi connectivity index (χ1v) is 10.9. The van der Waals surface area contributed by atoms with Gasteiger partial charge in [-0.2, -0.15) is 0 Å². The summed E-state index contributed by atoms with van der Waals surface area (Å²) in [6.07, 6.45) is 1.98. The second kappa shape index (κ2) is 7.79. The minimum Gasteiger partial charge on any atom is -0.256 e. The van der Waals surface area contributed by atoms with Gasteiger partial charge in [0, 0.05) is 17.3 Å². The van der Waals surface area contributed by atoms with Gasteiger partial charge in [0.05, 0.1) is 5.69 Å². The van der Waals surface area contributed by atoms with Crippen LogP contribution >= 0.6 is 0 Å². The quantitative estimate of drug-likeness (QED) is 0.287. The SMILES string of the molecule is c1ccc(-c2ccc3cc(-c4ccc(-c5cccc6ccccc56)nc4)ccc3c2)cc1. The highest BCUT2D eigenvalue weighted by atomic mass is 14.7. The van der Waals surface area contributed by atoms with Crippen molar-refractivity contribution in [3.63, 3.8) is 0 Å². The lowest BCUT2D eigenvalue weighted by Crippen LogP contribution is -1.87. The van der Waals surface area contributed by atoms with Crippen molar-refractivity contribution in [3.8, 4) is 33.5 Å². The summed E-state index contributed by atoms with van der Waals surface area (Å²) in [6, 6.07) is 43.0. The molecule has 0 unspecified atom stereocenters. The molecular weight excluding hydrogens is 386 g/mol. The molecule has 0 radical (unpaired) electrons. The fraction of sp³-hybridized carbons (Fsp3) is 0. The second-order valence-corrected chi connectivity index (χ2v) is 8.10. The Hall–Kier alpha value is -4.23. The monoisotopic (exact) mass is 407 g/mol. The summed E-state index contributed by atoms with van der Waals surface area (Å²) in [4.78, 5) is 4.81. The molecule has 1 heteroatoms. The van der Waals surface area contributed by atoms with Crippen molar-refractivity contribution in [1.29, 1.82) is 0 Å². The van der Waals surface area contributed by atoms with Crippen LogP contribution in [0.1, 0.15) is 0 Å². The maximum absolute atomic E-state index is 4.81. The van der Waals surface area contributed by atoms with Crippen LogP contribution in [0.5, 0.6) is 0 Å². The number of fused-ring (bicyclic) bond motifs is 2. The van der Waals surface area contributed by atoms with Gasteiger partial charge >= 0.3 is 0 Å². The van der Waals surface area contributed by atoms with Crippen molar-refractivity contribution in [1.82, 2.24) is 4.98 Å². The molecule has 0 saturated carbocycles. The fourth-order valence-corrected chi connectivity index (χ4v) is 4.41. The molecule has 0 atom stereocenters. The molecule has 0 aliphatic rings. The lowest BCUT2D eigenvalue weighted by Gasteiger charge is -2.09. The molecule has 1 aromatic heterocycles. The van der Waals surface area contributed by atoms with Crippen LogP contribution in [0.2, 0.25) is 0 Å². The van der Waals surface area contributed by atoms with E-state index in [0.29, 0.717) is 0 Å². The van der Waals surface area contributed by atoms with E-state index >= 15 is 0 Å². The third kappa shape index (κ3) is 3.34. The van der Waals surface area contributed by atoms with Gasteiger partial charge in [-0.05, 0) is 56.4 Å². The molecule has 6 rings (SSSR count). The lowest BCUT2D eigenvalue weighted by molar-refractivity contribution is 1.33. The number of hydrogen-bond acceptors (Lipinski definition) is 1. The zero-order valence-electron chi connectivity index (χ0n) is 17.6. The molecule has 0 saturated heterocycles. The molecule has 0 bridgehead atoms. The van der Waals surface area contributed by atoms with Gasteiger partial charge in [0.2, 0.25) is 0 Å². The van der Waals surface area contributed by atoms with E-state index in [9.17, 15) is 0 Å². The molecule has 32 heavy (non-hydrogen) atoms. The molecule has 0 aliphatic heterocycles. The minimum atomic E-state index is 0.999. The molecule has 0 aliphatic carbocycles. The Labute approximate surface area is 187 Å². The van der Waals surface area contributed by atoms with Crippen molar-refractivity contribution in [2.75, 3.05) is 0 Å². The molecule has 1 nitrogen and oxygen atoms in total. The van der Waals surface area contributed by atoms with Crippen molar-refractivity contribution in [2.45, 2.75) is 0 Å². The Morgan fingerprint density at radius 1 is 0.406 bits per heavy atom. The standard InChI is InChI=1S/C31H21N/c1-2-7-22(8-3-1)24-13-14-26-20-27(16-15-25(26)19-24)28-17-18-31(32-21-28)30-12-6-10-23-9-4-5-11-29(23)30/h1-21H. The largest absolute Gasteiger partial charge is 0.256 e. The van der Waals surface area contributed by atoms with E-state index in [-0.39, 0.29) is 0 Å². The summed E-state index contributed by atoms with van der Waals surface area (Å²) in [6.45, 7) is 0. The first-order chi connectivity index (χ1) is 15.8. The summed E-state index contributed by atoms with van der Waals surface area (Å²) in [5.41, 5.74) is 6.96. The van der Waals surface area contributed by atoms with Crippen molar-refractivity contribution >= 4 is 21.5 Å². The Morgan fingerprint density at radius 2 is 1.06 bits per heavy atom. The van der Waals surface area contributed by atoms with Crippen molar-refractivity contribution in [2.24, 2.45) is 0 Å². The van der Waals surface area contributed by atoms with E-state index in [1.165, 1.54) is 43.8 Å². The number of hydrogen-bond donors (Lipinski definition) is 0. The van der Waals surface area contributed by atoms with Crippen molar-refractivity contribution < 1.29 is 0 Å². The van der Waals surface area contributed by atoms with Crippen LogP contribution in [0.15, 0.2) is 128 Å². The van der Waals surface area contributed by atoms with Gasteiger partial charge in [-0.25, -0.2) is 0 Å². The molecule has 0 amide bonds. The summed E-state index contributed by atoms with van der Waals surface area (Å²) in [5.74, 6) is 0. The maximum atomic E-state index is 4.81. The first kappa shape index (κ1) is 18.5. The van der Waals surface area contributed by atoms with Gasteiger partial charge in [-0.15, -0.1) is 0 Å². The number of aromatic nitrogens is 1. The summed E-state index contributed by atoms with van der Waals surface area (Å²) in [5, 5.41) is 4.95. The smallest absolute Gasteiger partial charge is 0.0708 e. The van der Waals surface area contributed by atoms with Gasteiger partial charge in [0.15, 0.2) is 0 Å². The molecule has 1 heterocycles. The van der Waals surface area contributed by atoms with E-state index in [4.69, 9.17) is 4.98 Å². The van der Waals surface area contributed by atoms with Gasteiger partial charge in [-0.1, -0.05) is 103 Å². The zero-order chi connectivity index (χ0) is 21.3. The van der Waals surface area contributed by atoms with E-state index in [1.54, 1.807) is 0 Å². The predicted octanol–water partition coefficient (Wildman–Crippen LogP) is 8.39. The fourth-order valence-electron chi connectivity index (χ4n) is 4.41. The molecule has 0 N–H and O–H groups in total. The van der Waals surface area contributed by atoms with Crippen molar-refractivity contribution in [3.05, 3.63) is 128 Å². The van der Waals surface area contributed by atoms with Crippen LogP contribution in [-0.4, -0.2) is 4.98 Å². The highest BCUT2D eigenvalue weighted by molar-refractivity contribution is 5.96. The van der Waals surface area contributed by atoms with Crippen LogP contribution < -0.4 is 0 Å². The Balaban J connectivity index is 1.35. The third-order valence-corrected chi connectivity index (χ3v) is 6.11. The number of rotatable bonds is 3. The average Bonchev–Trinajstić information content (AvgIpc) is 2.88. The molecule has 150 valence electrons. The summed E-state index contributed by atoms with van der Waals surface area (Å²) in [7, 11) is 0. The van der Waals surface area contributed by atoms with Crippen LogP contribution in [0.4, 0.5) is 0 Å². The average molecular weight is 408 g/mol. The van der Waals surface area contributed by atoms with Gasteiger partial charge < -0.3 is 0 Å². The van der Waals surface area contributed by atoms with E-state index < -0.39 is 0 Å². The number of nitrogens with zero attached hydrogens (tertiary/aromatic N) is 1. The predicted molar refractivity (Wildman–Crippen MR) is 136 cm³/mol. The van der Waals surface area contributed by atoms with Gasteiger partial charge in [0.25, 0.3) is 0 Å². The number of benzene rings is 5. The Kier molecular flexibility index (Phi) is 4.51. The Bertz CT molecular complexity index is 1540. The normalized spacial score (nSPS) is 11.1. The maximum Gasteiger partial charge on any atom is 0.0708 e. The molecule has 5 aromatic carbocycles. The molecule has 0 fully saturated rings. The van der Waals surface area contributed by atoms with Gasteiger partial charge in [-0.3, -0.25) is 4.98 Å². The van der Waals surface area contributed by atoms with Gasteiger partial charge in [0.1, 0.15) is 0 Å². The minimum absolute atomic E-state index is 0.999. The van der Waals surface area contributed by atoms with Crippen LogP contribution in [-0.2, 0) is 0 Å². The van der Waals surface area contributed by atoms with E-state index in [1.807, 2.05) is 6.20 Å². The zero-order valence-corrected chi connectivity index (χ0v) is 17.6. The molecular formula is C31H21N. The van der Waals surface area contributed by atoms with Crippen LogP contribution in [0, 0.1) is 0 Å². The molecule has 6 aromatic rings. The van der Waals surface area contributed by atoms with Crippen LogP contribution in [0.25, 0.3) is 55.1 Å². The highest BCUT2D eigenvalue weighted by Crippen LogP contribution is 2.31. The van der Waals surface area contributed by atoms with Crippen LogP contribution in [0.3, 0.4) is 0 Å². The molecule has 0 spiro atoms. The second-order valence-electron chi connectivity index (χ2n) is 8.10. The topological polar surface area (TPSA) is 12.9 Å². The summed E-state index contributed by atoms with van der Waals surface area (Å²) < 4.78 is 0.